The van der Waals surface area contributed by atoms with E-state index in [1.807, 2.05) is 24.3 Å². The van der Waals surface area contributed by atoms with Crippen molar-refractivity contribution < 1.29 is 9.47 Å². The highest BCUT2D eigenvalue weighted by atomic mass is 16.5. The maximum atomic E-state index is 7.12. The lowest BCUT2D eigenvalue weighted by Crippen LogP contribution is -2.26. The van der Waals surface area contributed by atoms with E-state index in [0.29, 0.717) is 0 Å². The predicted octanol–water partition coefficient (Wildman–Crippen LogP) is 33.2. The molecule has 0 saturated heterocycles. The maximum absolute atomic E-state index is 7.12. The van der Waals surface area contributed by atoms with Gasteiger partial charge < -0.3 is 14.4 Å². The molecule has 3 heteroatoms. The Balaban J connectivity index is 0.908. The summed E-state index contributed by atoms with van der Waals surface area (Å²) in [5, 5.41) is 0. The number of nitrogens with zero attached hydrogens (tertiary/aromatic N) is 1. The Hall–Kier alpha value is -8.92. The Bertz CT molecular complexity index is 4560. The van der Waals surface area contributed by atoms with Crippen LogP contribution < -0.4 is 14.4 Å². The third kappa shape index (κ3) is 18.8. The van der Waals surface area contributed by atoms with Gasteiger partial charge in [-0.3, -0.25) is 0 Å². The molecule has 2 aliphatic rings. The fourth-order valence-corrected chi connectivity index (χ4v) is 17.9. The Morgan fingerprint density at radius 2 is 0.642 bits per heavy atom. The number of unbranched alkanes of at least 4 members (excludes halogenated alkanes) is 20. The van der Waals surface area contributed by atoms with E-state index in [1.165, 1.54) is 228 Å². The van der Waals surface area contributed by atoms with Crippen molar-refractivity contribution in [3.8, 4) is 78.6 Å². The summed E-state index contributed by atoms with van der Waals surface area (Å²) in [7, 11) is 0. The number of anilines is 3. The van der Waals surface area contributed by atoms with E-state index < -0.39 is 0 Å². The fourth-order valence-electron chi connectivity index (χ4n) is 17.9. The van der Waals surface area contributed by atoms with Gasteiger partial charge in [0.15, 0.2) is 0 Å². The van der Waals surface area contributed by atoms with Crippen molar-refractivity contribution >= 4 is 29.2 Å². The zero-order valence-electron chi connectivity index (χ0n) is 68.3. The minimum absolute atomic E-state index is 0.00376. The molecule has 0 saturated carbocycles. The van der Waals surface area contributed by atoms with Gasteiger partial charge in [0, 0.05) is 39.0 Å². The first kappa shape index (κ1) is 79.6. The quantitative estimate of drug-likeness (QED) is 0.0357. The van der Waals surface area contributed by atoms with Crippen LogP contribution in [-0.4, -0.2) is 0 Å². The number of benzene rings is 10. The van der Waals surface area contributed by atoms with Crippen LogP contribution in [0.5, 0.6) is 23.0 Å². The number of para-hydroxylation sites is 1. The van der Waals surface area contributed by atoms with E-state index in [9.17, 15) is 0 Å². The lowest BCUT2D eigenvalue weighted by atomic mass is 9.69. The third-order valence-electron chi connectivity index (χ3n) is 24.2. The molecular weight excluding hydrogens is 1320 g/mol. The van der Waals surface area contributed by atoms with Crippen LogP contribution in [0.2, 0.25) is 0 Å². The Labute approximate surface area is 658 Å². The molecule has 0 radical (unpaired) electrons. The average molecular weight is 1450 g/mol. The van der Waals surface area contributed by atoms with Gasteiger partial charge in [-0.15, -0.1) is 0 Å². The van der Waals surface area contributed by atoms with Crippen molar-refractivity contribution in [2.45, 2.75) is 271 Å². The van der Waals surface area contributed by atoms with Crippen LogP contribution in [0.1, 0.15) is 294 Å². The second-order valence-electron chi connectivity index (χ2n) is 34.1. The van der Waals surface area contributed by atoms with Crippen LogP contribution in [0.4, 0.5) is 17.1 Å². The molecule has 0 fully saturated rings. The maximum Gasteiger partial charge on any atom is 0.135 e. The summed E-state index contributed by atoms with van der Waals surface area (Å²) in [6.45, 7) is 31.3. The second kappa shape index (κ2) is 37.2. The number of hydrogen-bond acceptors (Lipinski definition) is 3. The summed E-state index contributed by atoms with van der Waals surface area (Å²) in [5.41, 5.74) is 26.5. The minimum Gasteiger partial charge on any atom is -0.457 e. The Morgan fingerprint density at radius 1 is 0.303 bits per heavy atom. The molecule has 2 aliphatic carbocycles. The zero-order valence-corrected chi connectivity index (χ0v) is 68.3. The molecule has 0 bridgehead atoms. The van der Waals surface area contributed by atoms with E-state index in [-0.39, 0.29) is 21.7 Å². The molecular formula is C106H127NO2. The van der Waals surface area contributed by atoms with E-state index in [1.54, 1.807) is 11.1 Å². The van der Waals surface area contributed by atoms with Crippen LogP contribution in [0.3, 0.4) is 0 Å². The molecule has 12 rings (SSSR count). The lowest BCUT2D eigenvalue weighted by molar-refractivity contribution is 0.397. The molecule has 109 heavy (non-hydrogen) atoms. The van der Waals surface area contributed by atoms with Gasteiger partial charge in [0.05, 0.1) is 0 Å². The first-order chi connectivity index (χ1) is 53.0. The fraction of sp³-hybridized carbons (Fsp3) is 0.396. The van der Waals surface area contributed by atoms with Crippen LogP contribution in [0.15, 0.2) is 225 Å². The zero-order chi connectivity index (χ0) is 76.4. The van der Waals surface area contributed by atoms with Gasteiger partial charge >= 0.3 is 0 Å². The minimum atomic E-state index is -0.265. The van der Waals surface area contributed by atoms with E-state index in [2.05, 4.69) is 287 Å². The van der Waals surface area contributed by atoms with Crippen molar-refractivity contribution in [1.29, 1.82) is 0 Å². The van der Waals surface area contributed by atoms with Gasteiger partial charge in [0.1, 0.15) is 23.0 Å². The smallest absolute Gasteiger partial charge is 0.135 e. The van der Waals surface area contributed by atoms with Crippen molar-refractivity contribution in [3.05, 3.63) is 270 Å². The van der Waals surface area contributed by atoms with Gasteiger partial charge in [0.2, 0.25) is 0 Å². The monoisotopic (exact) mass is 1450 g/mol. The second-order valence-corrected chi connectivity index (χ2v) is 34.1. The highest BCUT2D eigenvalue weighted by Crippen LogP contribution is 2.59. The van der Waals surface area contributed by atoms with Crippen molar-refractivity contribution in [1.82, 2.24) is 0 Å². The van der Waals surface area contributed by atoms with Crippen molar-refractivity contribution in [2.75, 3.05) is 4.90 Å². The van der Waals surface area contributed by atoms with Gasteiger partial charge in [-0.25, -0.2) is 0 Å². The number of ether oxygens (including phenoxy) is 2. The number of hydrogen-bond donors (Lipinski definition) is 0. The van der Waals surface area contributed by atoms with Crippen LogP contribution in [0, 0.1) is 0 Å². The number of fused-ring (bicyclic) bond motifs is 6. The Kier molecular flexibility index (Phi) is 27.2. The van der Waals surface area contributed by atoms with E-state index in [0.717, 1.165) is 80.7 Å². The van der Waals surface area contributed by atoms with E-state index in [4.69, 9.17) is 9.47 Å². The largest absolute Gasteiger partial charge is 0.457 e. The molecule has 10 aromatic carbocycles. The van der Waals surface area contributed by atoms with Gasteiger partial charge in [-0.1, -0.05) is 370 Å². The summed E-state index contributed by atoms with van der Waals surface area (Å²) >= 11 is 0. The van der Waals surface area contributed by atoms with Crippen molar-refractivity contribution in [3.63, 3.8) is 0 Å². The summed E-state index contributed by atoms with van der Waals surface area (Å²) in [6, 6.07) is 80.9. The SMILES string of the molecule is C=Cc1ccc(Oc2cc(C(C)(C)C)c(Oc3ccc(C=C)cc3)cc2-c2ccc3c(c2)C(CCCCCCCC)(CCCCCCCC)c2cc(-c4ccc(N(c5ccccc5)c5ccc(-c6ccc7c(c6)C(CCCCCCCC)(CCCCCCCC)c6cc(C(C)(C)C)ccc6-7)cc5)cc4)ccc2-3)cc1. The van der Waals surface area contributed by atoms with Gasteiger partial charge in [-0.05, 0) is 217 Å². The summed E-state index contributed by atoms with van der Waals surface area (Å²) < 4.78 is 14.1. The molecule has 0 aliphatic heterocycles. The van der Waals surface area contributed by atoms with Crippen LogP contribution in [-0.2, 0) is 21.7 Å². The molecule has 10 aromatic rings. The standard InChI is InChI=1S/C106H127NO2/c1-13-19-23-27-31-38-68-105(69-39-32-28-24-20-14-2)96-72-82(52-64-91(96)93-66-54-84(74-98(93)105)95-76-102(109-90-62-46-79(18-6)47-63-90)100(104(10,11)12)77-101(95)108-89-60-44-78(17-5)45-61-89)80-48-56-87(57-49-80)107(86-42-36-35-37-43-86)88-58-50-81(51-59-88)83-53-65-92-94-67-55-85(103(7,8)9)75-99(94)106(97(92)73-83,70-40-33-29-25-21-15-3)71-41-34-30-26-22-16-4/h17-18,35-37,42-67,72-77H,5-6,13-16,19-34,38-41,68-71H2,1-4,7-12H3. The summed E-state index contributed by atoms with van der Waals surface area (Å²) in [4.78, 5) is 2.44. The highest BCUT2D eigenvalue weighted by Gasteiger charge is 2.45. The molecule has 0 N–H and O–H groups in total. The third-order valence-corrected chi connectivity index (χ3v) is 24.2. The molecule has 568 valence electrons. The van der Waals surface area contributed by atoms with Gasteiger partial charge in [0.25, 0.3) is 0 Å². The summed E-state index contributed by atoms with van der Waals surface area (Å²) in [5.74, 6) is 3.19. The molecule has 0 amide bonds. The Morgan fingerprint density at radius 3 is 1.03 bits per heavy atom. The van der Waals surface area contributed by atoms with Crippen LogP contribution >= 0.6 is 0 Å². The van der Waals surface area contributed by atoms with E-state index >= 15 is 0 Å². The normalized spacial score (nSPS) is 13.2. The molecule has 0 atom stereocenters. The lowest BCUT2D eigenvalue weighted by Gasteiger charge is -2.34. The highest BCUT2D eigenvalue weighted by molar-refractivity contribution is 5.89. The topological polar surface area (TPSA) is 21.7 Å². The average Bonchev–Trinajstić information content (AvgIpc) is 1.57. The first-order valence-corrected chi connectivity index (χ1v) is 42.7. The molecule has 3 nitrogen and oxygen atoms in total. The predicted molar refractivity (Wildman–Crippen MR) is 472 cm³/mol. The molecule has 0 spiro atoms. The van der Waals surface area contributed by atoms with Crippen molar-refractivity contribution in [2.24, 2.45) is 0 Å². The summed E-state index contributed by atoms with van der Waals surface area (Å²) in [6.07, 6.45) is 39.1. The van der Waals surface area contributed by atoms with Crippen LogP contribution in [0.25, 0.3) is 67.8 Å². The molecule has 0 unspecified atom stereocenters. The molecule has 0 aromatic heterocycles. The number of rotatable bonds is 40. The molecule has 0 heterocycles. The first-order valence-electron chi connectivity index (χ1n) is 42.7. The van der Waals surface area contributed by atoms with Gasteiger partial charge in [-0.2, -0.15) is 0 Å².